The van der Waals surface area contributed by atoms with Crippen molar-refractivity contribution in [1.29, 1.82) is 0 Å². The van der Waals surface area contributed by atoms with Gasteiger partial charge in [-0.1, -0.05) is 78.9 Å². The molecule has 1 amide bonds. The third kappa shape index (κ3) is 4.22. The first kappa shape index (κ1) is 21.6. The zero-order chi connectivity index (χ0) is 23.5. The van der Waals surface area contributed by atoms with Crippen LogP contribution in [0.15, 0.2) is 95.8 Å². The molecule has 0 fully saturated rings. The number of amides is 1. The first-order valence-corrected chi connectivity index (χ1v) is 11.3. The number of carbonyl (C=O) groups excluding carboxylic acids is 1. The predicted molar refractivity (Wildman–Crippen MR) is 130 cm³/mol. The van der Waals surface area contributed by atoms with Crippen molar-refractivity contribution in [2.45, 2.75) is 25.9 Å². The first-order chi connectivity index (χ1) is 16.6. The summed E-state index contributed by atoms with van der Waals surface area (Å²) in [6.45, 7) is 2.50. The maximum absolute atomic E-state index is 13.8. The molecule has 0 N–H and O–H groups in total. The summed E-state index contributed by atoms with van der Waals surface area (Å²) >= 11 is 0. The molecule has 0 saturated carbocycles. The molecule has 0 aliphatic carbocycles. The highest BCUT2D eigenvalue weighted by Crippen LogP contribution is 2.27. The van der Waals surface area contributed by atoms with Crippen LogP contribution in [0.2, 0.25) is 0 Å². The van der Waals surface area contributed by atoms with Crippen LogP contribution in [0.5, 0.6) is 5.75 Å². The van der Waals surface area contributed by atoms with Crippen molar-refractivity contribution in [3.05, 3.63) is 130 Å². The van der Waals surface area contributed by atoms with Gasteiger partial charge in [-0.25, -0.2) is 9.78 Å². The molecule has 3 aromatic carbocycles. The van der Waals surface area contributed by atoms with E-state index < -0.39 is 6.09 Å². The molecular weight excluding hydrogens is 426 g/mol. The lowest BCUT2D eigenvalue weighted by Gasteiger charge is -2.30. The fourth-order valence-electron chi connectivity index (χ4n) is 4.50. The summed E-state index contributed by atoms with van der Waals surface area (Å²) in [5.41, 5.74) is 3.27. The third-order valence-electron chi connectivity index (χ3n) is 6.14. The number of ether oxygens (including phenoxy) is 1. The van der Waals surface area contributed by atoms with Crippen LogP contribution in [0, 0.1) is 6.92 Å². The van der Waals surface area contributed by atoms with Crippen LogP contribution in [0.4, 0.5) is 4.79 Å². The number of rotatable bonds is 4. The van der Waals surface area contributed by atoms with Gasteiger partial charge in [0.1, 0.15) is 11.6 Å². The van der Waals surface area contributed by atoms with E-state index in [2.05, 4.69) is 0 Å². The summed E-state index contributed by atoms with van der Waals surface area (Å²) in [4.78, 5) is 32.9. The van der Waals surface area contributed by atoms with E-state index in [9.17, 15) is 9.59 Å². The van der Waals surface area contributed by atoms with E-state index >= 15 is 0 Å². The summed E-state index contributed by atoms with van der Waals surface area (Å²) in [6.07, 6.45) is -0.00585. The van der Waals surface area contributed by atoms with Gasteiger partial charge in [0.2, 0.25) is 0 Å². The zero-order valence-corrected chi connectivity index (χ0v) is 18.9. The lowest BCUT2D eigenvalue weighted by molar-refractivity contribution is 0.145. The molecular formula is C28H25N3O3. The number of hydrogen-bond acceptors (Lipinski definition) is 4. The molecule has 0 spiro atoms. The fraction of sp³-hybridized carbons (Fsp3) is 0.179. The predicted octanol–water partition coefficient (Wildman–Crippen LogP) is 4.75. The number of hydrogen-bond donors (Lipinski definition) is 0. The van der Waals surface area contributed by atoms with Crippen molar-refractivity contribution in [3.63, 3.8) is 0 Å². The molecule has 0 unspecified atom stereocenters. The molecule has 5 rings (SSSR count). The van der Waals surface area contributed by atoms with Gasteiger partial charge < -0.3 is 9.64 Å². The molecule has 0 bridgehead atoms. The SMILES string of the molecule is Cc1nc2c(c(=O)n1C(c1ccccc1)c1ccccc1)CCN(C(=O)Oc1ccccc1)C2. The van der Waals surface area contributed by atoms with Crippen LogP contribution in [0.1, 0.15) is 34.3 Å². The summed E-state index contributed by atoms with van der Waals surface area (Å²) in [5.74, 6) is 1.10. The topological polar surface area (TPSA) is 64.4 Å². The van der Waals surface area contributed by atoms with Crippen LogP contribution < -0.4 is 10.3 Å². The average Bonchev–Trinajstić information content (AvgIpc) is 2.88. The molecule has 1 aliphatic rings. The molecule has 6 nitrogen and oxygen atoms in total. The van der Waals surface area contributed by atoms with Crippen LogP contribution in [0.25, 0.3) is 0 Å². The van der Waals surface area contributed by atoms with Crippen LogP contribution in [-0.4, -0.2) is 27.1 Å². The molecule has 1 aromatic heterocycles. The third-order valence-corrected chi connectivity index (χ3v) is 6.14. The van der Waals surface area contributed by atoms with Gasteiger partial charge in [0.05, 0.1) is 18.3 Å². The minimum absolute atomic E-state index is 0.0590. The Kier molecular flexibility index (Phi) is 5.95. The fourth-order valence-corrected chi connectivity index (χ4v) is 4.50. The van der Waals surface area contributed by atoms with Gasteiger partial charge in [0, 0.05) is 12.1 Å². The number of aromatic nitrogens is 2. The minimum Gasteiger partial charge on any atom is -0.410 e. The Morgan fingerprint density at radius 2 is 1.44 bits per heavy atom. The highest BCUT2D eigenvalue weighted by molar-refractivity contribution is 5.71. The number of nitrogens with zero attached hydrogens (tertiary/aromatic N) is 3. The Labute approximate surface area is 198 Å². The van der Waals surface area contributed by atoms with E-state index in [1.807, 2.05) is 85.8 Å². The number of fused-ring (bicyclic) bond motifs is 1. The largest absolute Gasteiger partial charge is 0.415 e. The van der Waals surface area contributed by atoms with Crippen molar-refractivity contribution in [2.75, 3.05) is 6.54 Å². The zero-order valence-electron chi connectivity index (χ0n) is 18.9. The number of carbonyl (C=O) groups is 1. The molecule has 34 heavy (non-hydrogen) atoms. The number of aryl methyl sites for hydroxylation is 1. The maximum Gasteiger partial charge on any atom is 0.415 e. The van der Waals surface area contributed by atoms with Crippen molar-refractivity contribution < 1.29 is 9.53 Å². The van der Waals surface area contributed by atoms with E-state index in [1.54, 1.807) is 21.6 Å². The Balaban J connectivity index is 1.50. The molecule has 6 heteroatoms. The van der Waals surface area contributed by atoms with Gasteiger partial charge in [0.15, 0.2) is 0 Å². The van der Waals surface area contributed by atoms with E-state index in [1.165, 1.54) is 0 Å². The quantitative estimate of drug-likeness (QED) is 0.449. The Morgan fingerprint density at radius 3 is 2.03 bits per heavy atom. The molecule has 1 aliphatic heterocycles. The monoisotopic (exact) mass is 451 g/mol. The Bertz CT molecular complexity index is 1310. The second-order valence-corrected chi connectivity index (χ2v) is 8.34. The second kappa shape index (κ2) is 9.35. The van der Waals surface area contributed by atoms with Gasteiger partial charge in [0.25, 0.3) is 5.56 Å². The van der Waals surface area contributed by atoms with Crippen molar-refractivity contribution >= 4 is 6.09 Å². The van der Waals surface area contributed by atoms with Crippen LogP contribution in [0.3, 0.4) is 0 Å². The summed E-state index contributed by atoms with van der Waals surface area (Å²) in [5, 5.41) is 0. The standard InChI is InChI=1S/C28H25N3O3/c1-20-29-25-19-30(28(33)34-23-15-9-4-10-16-23)18-17-24(25)27(32)31(20)26(21-11-5-2-6-12-21)22-13-7-3-8-14-22/h2-16,26H,17-19H2,1H3. The lowest BCUT2D eigenvalue weighted by Crippen LogP contribution is -2.43. The highest BCUT2D eigenvalue weighted by atomic mass is 16.6. The van der Waals surface area contributed by atoms with Gasteiger partial charge in [-0.2, -0.15) is 0 Å². The van der Waals surface area contributed by atoms with Gasteiger partial charge in [-0.05, 0) is 36.6 Å². The minimum atomic E-state index is -0.438. The molecule has 0 radical (unpaired) electrons. The van der Waals surface area contributed by atoms with Gasteiger partial charge >= 0.3 is 6.09 Å². The molecule has 0 atom stereocenters. The van der Waals surface area contributed by atoms with E-state index in [0.717, 1.165) is 11.1 Å². The molecule has 170 valence electrons. The van der Waals surface area contributed by atoms with Crippen molar-refractivity contribution in [1.82, 2.24) is 14.5 Å². The number of benzene rings is 3. The summed E-state index contributed by atoms with van der Waals surface area (Å²) in [6, 6.07) is 28.7. The molecule has 4 aromatic rings. The molecule has 2 heterocycles. The Hall–Kier alpha value is -4.19. The lowest BCUT2D eigenvalue weighted by atomic mass is 9.97. The maximum atomic E-state index is 13.8. The summed E-state index contributed by atoms with van der Waals surface area (Å²) in [7, 11) is 0. The van der Waals surface area contributed by atoms with E-state index in [4.69, 9.17) is 9.72 Å². The normalized spacial score (nSPS) is 12.9. The summed E-state index contributed by atoms with van der Waals surface area (Å²) < 4.78 is 7.26. The van der Waals surface area contributed by atoms with Gasteiger partial charge in [-0.15, -0.1) is 0 Å². The highest BCUT2D eigenvalue weighted by Gasteiger charge is 2.29. The second-order valence-electron chi connectivity index (χ2n) is 8.34. The number of para-hydroxylation sites is 1. The van der Waals surface area contributed by atoms with E-state index in [-0.39, 0.29) is 18.1 Å². The van der Waals surface area contributed by atoms with Crippen LogP contribution in [-0.2, 0) is 13.0 Å². The van der Waals surface area contributed by atoms with Crippen molar-refractivity contribution in [3.8, 4) is 5.75 Å². The molecule has 0 saturated heterocycles. The first-order valence-electron chi connectivity index (χ1n) is 11.3. The van der Waals surface area contributed by atoms with Crippen LogP contribution >= 0.6 is 0 Å². The van der Waals surface area contributed by atoms with E-state index in [0.29, 0.717) is 35.8 Å². The average molecular weight is 452 g/mol. The smallest absolute Gasteiger partial charge is 0.410 e. The van der Waals surface area contributed by atoms with Gasteiger partial charge in [-0.3, -0.25) is 9.36 Å². The van der Waals surface area contributed by atoms with Crippen molar-refractivity contribution in [2.24, 2.45) is 0 Å². The Morgan fingerprint density at radius 1 is 0.882 bits per heavy atom.